The van der Waals surface area contributed by atoms with Crippen LogP contribution in [0.2, 0.25) is 0 Å². The van der Waals surface area contributed by atoms with Crippen LogP contribution in [0.3, 0.4) is 0 Å². The second-order valence-electron chi connectivity index (χ2n) is 5.30. The van der Waals surface area contributed by atoms with Gasteiger partial charge in [0.25, 0.3) is 0 Å². The Morgan fingerprint density at radius 3 is 2.54 bits per heavy atom. The molecule has 1 aliphatic carbocycles. The zero-order valence-electron chi connectivity index (χ0n) is 9.30. The Bertz CT molecular complexity index is 216. The van der Waals surface area contributed by atoms with Crippen LogP contribution in [0.15, 0.2) is 0 Å². The van der Waals surface area contributed by atoms with Crippen molar-refractivity contribution in [1.82, 2.24) is 0 Å². The monoisotopic (exact) mass is 179 g/mol. The molecule has 1 heteroatoms. The van der Waals surface area contributed by atoms with Crippen molar-refractivity contribution in [3.05, 3.63) is 0 Å². The van der Waals surface area contributed by atoms with E-state index in [4.69, 9.17) is 5.26 Å². The Balaban J connectivity index is 2.77. The average Bonchev–Trinajstić information content (AvgIpc) is 2.00. The van der Waals surface area contributed by atoms with Crippen molar-refractivity contribution < 1.29 is 0 Å². The normalized spacial score (nSPS) is 45.6. The molecule has 1 nitrogen and oxygen atoms in total. The lowest BCUT2D eigenvalue weighted by Gasteiger charge is -2.45. The van der Waals surface area contributed by atoms with Gasteiger partial charge in [-0.05, 0) is 36.0 Å². The molecule has 1 aliphatic rings. The fourth-order valence-corrected chi connectivity index (χ4v) is 3.00. The van der Waals surface area contributed by atoms with E-state index >= 15 is 0 Å². The van der Waals surface area contributed by atoms with E-state index in [9.17, 15) is 0 Å². The molecule has 0 bridgehead atoms. The molecule has 0 N–H and O–H groups in total. The molecule has 0 aromatic rings. The van der Waals surface area contributed by atoms with Gasteiger partial charge in [0.1, 0.15) is 0 Å². The maximum atomic E-state index is 8.82. The minimum absolute atomic E-state index is 0.270. The van der Waals surface area contributed by atoms with Crippen LogP contribution in [0.1, 0.15) is 47.0 Å². The highest BCUT2D eigenvalue weighted by Gasteiger charge is 2.39. The summed E-state index contributed by atoms with van der Waals surface area (Å²) in [5.74, 6) is 2.27. The second-order valence-corrected chi connectivity index (χ2v) is 5.30. The Labute approximate surface area is 82.1 Å². The Kier molecular flexibility index (Phi) is 3.01. The average molecular weight is 179 g/mol. The first-order chi connectivity index (χ1) is 5.99. The van der Waals surface area contributed by atoms with E-state index in [0.29, 0.717) is 5.92 Å². The maximum absolute atomic E-state index is 8.82. The maximum Gasteiger partial charge on any atom is 0.0627 e. The van der Waals surface area contributed by atoms with E-state index in [2.05, 4.69) is 33.8 Å². The number of rotatable bonds is 1. The van der Waals surface area contributed by atoms with E-state index in [-0.39, 0.29) is 5.41 Å². The summed E-state index contributed by atoms with van der Waals surface area (Å²) in [6, 6.07) is 2.35. The zero-order valence-corrected chi connectivity index (χ0v) is 9.30. The Hall–Kier alpha value is -0.510. The van der Waals surface area contributed by atoms with Gasteiger partial charge in [-0.1, -0.05) is 27.7 Å². The molecule has 4 atom stereocenters. The highest BCUT2D eigenvalue weighted by Crippen LogP contribution is 2.48. The summed E-state index contributed by atoms with van der Waals surface area (Å²) in [5, 5.41) is 8.82. The van der Waals surface area contributed by atoms with Gasteiger partial charge in [-0.25, -0.2) is 0 Å². The third-order valence-corrected chi connectivity index (χ3v) is 4.02. The lowest BCUT2D eigenvalue weighted by Crippen LogP contribution is -2.37. The fraction of sp³-hybridized carbons (Fsp3) is 0.917. The molecule has 0 saturated heterocycles. The number of hydrogen-bond donors (Lipinski definition) is 0. The van der Waals surface area contributed by atoms with Crippen molar-refractivity contribution in [1.29, 1.82) is 5.26 Å². The van der Waals surface area contributed by atoms with Crippen molar-refractivity contribution in [3.63, 3.8) is 0 Å². The van der Waals surface area contributed by atoms with Crippen LogP contribution in [0.25, 0.3) is 0 Å². The highest BCUT2D eigenvalue weighted by molar-refractivity contribution is 4.94. The van der Waals surface area contributed by atoms with Gasteiger partial charge in [-0.3, -0.25) is 0 Å². The van der Waals surface area contributed by atoms with E-state index < -0.39 is 0 Å². The van der Waals surface area contributed by atoms with Gasteiger partial charge in [-0.2, -0.15) is 5.26 Å². The van der Waals surface area contributed by atoms with Crippen LogP contribution in [0.4, 0.5) is 0 Å². The largest absolute Gasteiger partial charge is 0.198 e. The molecule has 0 amide bonds. The number of nitriles is 1. The first kappa shape index (κ1) is 10.6. The van der Waals surface area contributed by atoms with Crippen molar-refractivity contribution in [3.8, 4) is 6.07 Å². The summed E-state index contributed by atoms with van der Waals surface area (Å²) >= 11 is 0. The van der Waals surface area contributed by atoms with Gasteiger partial charge in [0.05, 0.1) is 6.07 Å². The minimum Gasteiger partial charge on any atom is -0.198 e. The number of nitrogens with zero attached hydrogens (tertiary/aromatic N) is 1. The molecule has 0 spiro atoms. The lowest BCUT2D eigenvalue weighted by molar-refractivity contribution is 0.0514. The number of hydrogen-bond acceptors (Lipinski definition) is 1. The van der Waals surface area contributed by atoms with Gasteiger partial charge >= 0.3 is 0 Å². The van der Waals surface area contributed by atoms with E-state index in [0.717, 1.165) is 18.3 Å². The van der Waals surface area contributed by atoms with Crippen LogP contribution in [-0.4, -0.2) is 0 Å². The summed E-state index contributed by atoms with van der Waals surface area (Å²) in [7, 11) is 0. The van der Waals surface area contributed by atoms with Gasteiger partial charge in [0, 0.05) is 6.42 Å². The quantitative estimate of drug-likeness (QED) is 0.603. The van der Waals surface area contributed by atoms with Crippen molar-refractivity contribution in [2.45, 2.75) is 47.0 Å². The lowest BCUT2D eigenvalue weighted by atomic mass is 9.60. The SMILES string of the molecule is CC1CC(C)C(C)C(C)(CC#N)C1. The molecule has 0 aromatic heterocycles. The smallest absolute Gasteiger partial charge is 0.0627 e. The van der Waals surface area contributed by atoms with Gasteiger partial charge in [0.15, 0.2) is 0 Å². The van der Waals surface area contributed by atoms with Crippen molar-refractivity contribution in [2.75, 3.05) is 0 Å². The highest BCUT2D eigenvalue weighted by atomic mass is 14.4. The summed E-state index contributed by atoms with van der Waals surface area (Å²) in [6.45, 7) is 9.24. The van der Waals surface area contributed by atoms with E-state index in [1.807, 2.05) is 0 Å². The summed E-state index contributed by atoms with van der Waals surface area (Å²) < 4.78 is 0. The Morgan fingerprint density at radius 1 is 1.38 bits per heavy atom. The molecule has 0 aromatic carbocycles. The van der Waals surface area contributed by atoms with Gasteiger partial charge < -0.3 is 0 Å². The third kappa shape index (κ3) is 2.05. The first-order valence-corrected chi connectivity index (χ1v) is 5.36. The molecule has 1 rings (SSSR count). The van der Waals surface area contributed by atoms with Crippen LogP contribution < -0.4 is 0 Å². The standard InChI is InChI=1S/C12H21N/c1-9-7-10(2)11(3)12(4,8-9)5-6-13/h9-11H,5,7-8H2,1-4H3. The summed E-state index contributed by atoms with van der Waals surface area (Å²) in [5.41, 5.74) is 0.270. The van der Waals surface area contributed by atoms with Crippen LogP contribution in [0, 0.1) is 34.5 Å². The molecular weight excluding hydrogens is 158 g/mol. The molecule has 0 radical (unpaired) electrons. The minimum atomic E-state index is 0.270. The van der Waals surface area contributed by atoms with E-state index in [1.54, 1.807) is 0 Å². The van der Waals surface area contributed by atoms with Crippen molar-refractivity contribution >= 4 is 0 Å². The predicted molar refractivity (Wildman–Crippen MR) is 55.1 cm³/mol. The predicted octanol–water partition coefficient (Wildman–Crippen LogP) is 3.61. The van der Waals surface area contributed by atoms with E-state index in [1.165, 1.54) is 12.8 Å². The zero-order chi connectivity index (χ0) is 10.1. The molecule has 13 heavy (non-hydrogen) atoms. The molecule has 1 saturated carbocycles. The molecule has 1 fully saturated rings. The van der Waals surface area contributed by atoms with Crippen molar-refractivity contribution in [2.24, 2.45) is 23.2 Å². The molecule has 4 unspecified atom stereocenters. The van der Waals surface area contributed by atoms with Crippen LogP contribution in [-0.2, 0) is 0 Å². The molecular formula is C12H21N. The topological polar surface area (TPSA) is 23.8 Å². The van der Waals surface area contributed by atoms with Gasteiger partial charge in [0.2, 0.25) is 0 Å². The molecule has 0 heterocycles. The fourth-order valence-electron chi connectivity index (χ4n) is 3.00. The third-order valence-electron chi connectivity index (χ3n) is 4.02. The van der Waals surface area contributed by atoms with Crippen LogP contribution in [0.5, 0.6) is 0 Å². The Morgan fingerprint density at radius 2 is 2.00 bits per heavy atom. The molecule has 0 aliphatic heterocycles. The van der Waals surface area contributed by atoms with Crippen LogP contribution >= 0.6 is 0 Å². The summed E-state index contributed by atoms with van der Waals surface area (Å²) in [6.07, 6.45) is 3.29. The molecule has 74 valence electrons. The van der Waals surface area contributed by atoms with Gasteiger partial charge in [-0.15, -0.1) is 0 Å². The summed E-state index contributed by atoms with van der Waals surface area (Å²) in [4.78, 5) is 0. The first-order valence-electron chi connectivity index (χ1n) is 5.36. The second kappa shape index (κ2) is 3.70.